The van der Waals surface area contributed by atoms with E-state index in [4.69, 9.17) is 0 Å². The zero-order valence-electron chi connectivity index (χ0n) is 12.2. The molecule has 0 aliphatic rings. The molecular formula is C15H21N3S2. The normalized spacial score (nSPS) is 12.6. The fourth-order valence-electron chi connectivity index (χ4n) is 1.88. The SMILES string of the molecule is CCCNC(CSc1nnc(C)s1)c1ccc(C)cc1. The molecule has 2 rings (SSSR count). The van der Waals surface area contributed by atoms with Crippen molar-refractivity contribution in [3.8, 4) is 0 Å². The number of thioether (sulfide) groups is 1. The molecule has 1 aromatic heterocycles. The highest BCUT2D eigenvalue weighted by Gasteiger charge is 2.12. The smallest absolute Gasteiger partial charge is 0.174 e. The Hall–Kier alpha value is -0.910. The summed E-state index contributed by atoms with van der Waals surface area (Å²) >= 11 is 3.45. The molecule has 1 atom stereocenters. The molecule has 0 aliphatic carbocycles. The number of hydrogen-bond acceptors (Lipinski definition) is 5. The summed E-state index contributed by atoms with van der Waals surface area (Å²) in [6, 6.07) is 9.15. The van der Waals surface area contributed by atoms with Crippen molar-refractivity contribution in [1.29, 1.82) is 0 Å². The van der Waals surface area contributed by atoms with Crippen LogP contribution in [0.4, 0.5) is 0 Å². The summed E-state index contributed by atoms with van der Waals surface area (Å²) in [6.45, 7) is 7.35. The second kappa shape index (κ2) is 7.76. The van der Waals surface area contributed by atoms with Crippen molar-refractivity contribution in [1.82, 2.24) is 15.5 Å². The van der Waals surface area contributed by atoms with Gasteiger partial charge in [0.15, 0.2) is 4.34 Å². The zero-order chi connectivity index (χ0) is 14.4. The first kappa shape index (κ1) is 15.5. The minimum atomic E-state index is 0.366. The standard InChI is InChI=1S/C15H21N3S2/c1-4-9-16-14(13-7-5-11(2)6-8-13)10-19-15-18-17-12(3)20-15/h5-8,14,16H,4,9-10H2,1-3H3. The average molecular weight is 307 g/mol. The number of nitrogens with one attached hydrogen (secondary N) is 1. The van der Waals surface area contributed by atoms with Crippen LogP contribution in [0.1, 0.15) is 35.5 Å². The lowest BCUT2D eigenvalue weighted by molar-refractivity contribution is 0.577. The monoisotopic (exact) mass is 307 g/mol. The maximum absolute atomic E-state index is 4.18. The average Bonchev–Trinajstić information content (AvgIpc) is 2.86. The maximum Gasteiger partial charge on any atom is 0.174 e. The summed E-state index contributed by atoms with van der Waals surface area (Å²) in [5.74, 6) is 0.984. The Balaban J connectivity index is 2.01. The van der Waals surface area contributed by atoms with E-state index < -0.39 is 0 Å². The highest BCUT2D eigenvalue weighted by Crippen LogP contribution is 2.27. The van der Waals surface area contributed by atoms with Crippen LogP contribution in [0.2, 0.25) is 0 Å². The van der Waals surface area contributed by atoms with Crippen LogP contribution in [-0.4, -0.2) is 22.5 Å². The predicted molar refractivity (Wildman–Crippen MR) is 87.6 cm³/mol. The van der Waals surface area contributed by atoms with Gasteiger partial charge in [-0.05, 0) is 32.4 Å². The van der Waals surface area contributed by atoms with Crippen LogP contribution in [0.3, 0.4) is 0 Å². The molecular weight excluding hydrogens is 286 g/mol. The van der Waals surface area contributed by atoms with Crippen molar-refractivity contribution in [2.45, 2.75) is 37.6 Å². The van der Waals surface area contributed by atoms with E-state index in [-0.39, 0.29) is 0 Å². The Kier molecular flexibility index (Phi) is 6.01. The van der Waals surface area contributed by atoms with Crippen LogP contribution >= 0.6 is 23.1 Å². The number of rotatable bonds is 7. The molecule has 108 valence electrons. The van der Waals surface area contributed by atoms with E-state index in [1.54, 1.807) is 23.1 Å². The maximum atomic E-state index is 4.18. The summed E-state index contributed by atoms with van der Waals surface area (Å²) in [7, 11) is 0. The number of benzene rings is 1. The van der Waals surface area contributed by atoms with E-state index in [9.17, 15) is 0 Å². The Labute approximate surface area is 129 Å². The minimum Gasteiger partial charge on any atom is -0.309 e. The van der Waals surface area contributed by atoms with Gasteiger partial charge in [-0.15, -0.1) is 10.2 Å². The number of nitrogens with zero attached hydrogens (tertiary/aromatic N) is 2. The van der Waals surface area contributed by atoms with Gasteiger partial charge in [-0.1, -0.05) is 59.9 Å². The lowest BCUT2D eigenvalue weighted by atomic mass is 10.1. The molecule has 0 fully saturated rings. The molecule has 1 heterocycles. The fourth-order valence-corrected chi connectivity index (χ4v) is 3.82. The molecule has 0 aliphatic heterocycles. The first-order chi connectivity index (χ1) is 9.69. The third kappa shape index (κ3) is 4.58. The van der Waals surface area contributed by atoms with Crippen LogP contribution < -0.4 is 5.32 Å². The van der Waals surface area contributed by atoms with Crippen molar-refractivity contribution >= 4 is 23.1 Å². The van der Waals surface area contributed by atoms with Crippen molar-refractivity contribution in [2.75, 3.05) is 12.3 Å². The van der Waals surface area contributed by atoms with Gasteiger partial charge in [-0.3, -0.25) is 0 Å². The van der Waals surface area contributed by atoms with E-state index in [1.165, 1.54) is 11.1 Å². The van der Waals surface area contributed by atoms with E-state index in [2.05, 4.69) is 53.6 Å². The van der Waals surface area contributed by atoms with Crippen LogP contribution in [0, 0.1) is 13.8 Å². The molecule has 0 bridgehead atoms. The predicted octanol–water partition coefficient (Wildman–Crippen LogP) is 3.99. The second-order valence-electron chi connectivity index (χ2n) is 4.82. The van der Waals surface area contributed by atoms with Gasteiger partial charge in [0, 0.05) is 11.8 Å². The Morgan fingerprint density at radius 3 is 2.55 bits per heavy atom. The summed E-state index contributed by atoms with van der Waals surface area (Å²) in [5.41, 5.74) is 2.65. The molecule has 5 heteroatoms. The second-order valence-corrected chi connectivity index (χ2v) is 7.26. The molecule has 0 amide bonds. The largest absolute Gasteiger partial charge is 0.309 e. The Bertz CT molecular complexity index is 522. The summed E-state index contributed by atoms with van der Waals surface area (Å²) in [4.78, 5) is 0. The van der Waals surface area contributed by atoms with Gasteiger partial charge in [0.2, 0.25) is 0 Å². The molecule has 3 nitrogen and oxygen atoms in total. The summed E-state index contributed by atoms with van der Waals surface area (Å²) in [6.07, 6.45) is 1.14. The van der Waals surface area contributed by atoms with Crippen LogP contribution in [-0.2, 0) is 0 Å². The quantitative estimate of drug-likeness (QED) is 0.785. The van der Waals surface area contributed by atoms with E-state index in [0.717, 1.165) is 28.1 Å². The first-order valence-corrected chi connectivity index (χ1v) is 8.72. The van der Waals surface area contributed by atoms with E-state index >= 15 is 0 Å². The third-order valence-electron chi connectivity index (χ3n) is 3.00. The van der Waals surface area contributed by atoms with Crippen LogP contribution in [0.25, 0.3) is 0 Å². The van der Waals surface area contributed by atoms with Gasteiger partial charge in [-0.2, -0.15) is 0 Å². The molecule has 20 heavy (non-hydrogen) atoms. The first-order valence-electron chi connectivity index (χ1n) is 6.92. The summed E-state index contributed by atoms with van der Waals surface area (Å²) < 4.78 is 1.05. The number of hydrogen-bond donors (Lipinski definition) is 1. The molecule has 0 spiro atoms. The lowest BCUT2D eigenvalue weighted by Gasteiger charge is -2.18. The molecule has 0 radical (unpaired) electrons. The minimum absolute atomic E-state index is 0.366. The van der Waals surface area contributed by atoms with Gasteiger partial charge < -0.3 is 5.32 Å². The van der Waals surface area contributed by atoms with Gasteiger partial charge in [0.25, 0.3) is 0 Å². The van der Waals surface area contributed by atoms with E-state index in [0.29, 0.717) is 6.04 Å². The molecule has 1 N–H and O–H groups in total. The molecule has 0 saturated carbocycles. The topological polar surface area (TPSA) is 37.8 Å². The lowest BCUT2D eigenvalue weighted by Crippen LogP contribution is -2.24. The molecule has 2 aromatic rings. The Morgan fingerprint density at radius 2 is 1.95 bits per heavy atom. The summed E-state index contributed by atoms with van der Waals surface area (Å²) in [5, 5.41) is 12.9. The van der Waals surface area contributed by atoms with Gasteiger partial charge in [-0.25, -0.2) is 0 Å². The van der Waals surface area contributed by atoms with Crippen molar-refractivity contribution in [2.24, 2.45) is 0 Å². The zero-order valence-corrected chi connectivity index (χ0v) is 13.9. The van der Waals surface area contributed by atoms with Crippen molar-refractivity contribution < 1.29 is 0 Å². The van der Waals surface area contributed by atoms with Crippen LogP contribution in [0.5, 0.6) is 0 Å². The van der Waals surface area contributed by atoms with E-state index in [1.807, 2.05) is 6.92 Å². The fraction of sp³-hybridized carbons (Fsp3) is 0.467. The number of aromatic nitrogens is 2. The molecule has 0 saturated heterocycles. The van der Waals surface area contributed by atoms with Crippen LogP contribution in [0.15, 0.2) is 28.6 Å². The van der Waals surface area contributed by atoms with Gasteiger partial charge in [0.05, 0.1) is 0 Å². The van der Waals surface area contributed by atoms with Gasteiger partial charge >= 0.3 is 0 Å². The van der Waals surface area contributed by atoms with Crippen molar-refractivity contribution in [3.05, 3.63) is 40.4 Å². The highest BCUT2D eigenvalue weighted by molar-refractivity contribution is 8.01. The highest BCUT2D eigenvalue weighted by atomic mass is 32.2. The molecule has 1 unspecified atom stereocenters. The molecule has 1 aromatic carbocycles. The number of aryl methyl sites for hydroxylation is 2. The van der Waals surface area contributed by atoms with Crippen molar-refractivity contribution in [3.63, 3.8) is 0 Å². The third-order valence-corrected chi connectivity index (χ3v) is 5.07. The van der Waals surface area contributed by atoms with Gasteiger partial charge in [0.1, 0.15) is 5.01 Å². The Morgan fingerprint density at radius 1 is 1.20 bits per heavy atom.